The number of benzene rings is 1. The Morgan fingerprint density at radius 2 is 1.86 bits per heavy atom. The van der Waals surface area contributed by atoms with E-state index in [9.17, 15) is 18.4 Å². The van der Waals surface area contributed by atoms with E-state index in [2.05, 4.69) is 15.9 Å². The monoisotopic (exact) mass is 264 g/mol. The summed E-state index contributed by atoms with van der Waals surface area (Å²) in [7, 11) is 0. The third-order valence-electron chi connectivity index (χ3n) is 1.47. The predicted molar refractivity (Wildman–Crippen MR) is 46.0 cm³/mol. The van der Waals surface area contributed by atoms with Gasteiger partial charge in [0.1, 0.15) is 0 Å². The molecule has 0 fully saturated rings. The average Bonchev–Trinajstić information content (AvgIpc) is 2.13. The first-order valence-corrected chi connectivity index (χ1v) is 4.15. The van der Waals surface area contributed by atoms with Crippen LogP contribution in [0.2, 0.25) is 0 Å². The van der Waals surface area contributed by atoms with E-state index >= 15 is 0 Å². The van der Waals surface area contributed by atoms with Crippen molar-refractivity contribution in [2.75, 3.05) is 0 Å². The third-order valence-corrected chi connectivity index (χ3v) is 2.25. The van der Waals surface area contributed by atoms with E-state index in [0.29, 0.717) is 6.07 Å². The first-order valence-electron chi connectivity index (χ1n) is 3.36. The zero-order valence-electron chi connectivity index (χ0n) is 6.55. The number of Topliss-reactive ketones (excluding diaryl/α,β-unsaturated/α-hetero) is 1. The fraction of sp³-hybridized carbons (Fsp3) is 0. The van der Waals surface area contributed by atoms with Crippen molar-refractivity contribution >= 4 is 27.7 Å². The van der Waals surface area contributed by atoms with Gasteiger partial charge >= 0.3 is 5.97 Å². The highest BCUT2D eigenvalue weighted by molar-refractivity contribution is 9.10. The Balaban J connectivity index is 3.31. The van der Waals surface area contributed by atoms with Gasteiger partial charge in [-0.15, -0.1) is 0 Å². The second kappa shape index (κ2) is 3.83. The molecular formula is C8H3BrF2O3. The van der Waals surface area contributed by atoms with Crippen LogP contribution >= 0.6 is 15.9 Å². The van der Waals surface area contributed by atoms with Crippen molar-refractivity contribution < 1.29 is 23.5 Å². The van der Waals surface area contributed by atoms with E-state index < -0.39 is 33.4 Å². The molecule has 0 unspecified atom stereocenters. The van der Waals surface area contributed by atoms with Gasteiger partial charge in [-0.2, -0.15) is 0 Å². The highest BCUT2D eigenvalue weighted by Gasteiger charge is 2.21. The van der Waals surface area contributed by atoms with Crippen molar-refractivity contribution in [2.45, 2.75) is 0 Å². The summed E-state index contributed by atoms with van der Waals surface area (Å²) in [5, 5.41) is 8.33. The predicted octanol–water partition coefficient (Wildman–Crippen LogP) is 1.99. The molecule has 14 heavy (non-hydrogen) atoms. The van der Waals surface area contributed by atoms with Crippen molar-refractivity contribution in [3.63, 3.8) is 0 Å². The molecule has 0 bridgehead atoms. The van der Waals surface area contributed by atoms with Gasteiger partial charge in [-0.25, -0.2) is 13.6 Å². The Morgan fingerprint density at radius 3 is 2.36 bits per heavy atom. The number of halogens is 3. The largest absolute Gasteiger partial charge is 0.475 e. The molecular weight excluding hydrogens is 262 g/mol. The molecule has 1 aromatic rings. The number of carbonyl (C=O) groups excluding carboxylic acids is 1. The van der Waals surface area contributed by atoms with Gasteiger partial charge in [0.2, 0.25) is 0 Å². The van der Waals surface area contributed by atoms with Crippen molar-refractivity contribution in [1.82, 2.24) is 0 Å². The highest BCUT2D eigenvalue weighted by atomic mass is 79.9. The van der Waals surface area contributed by atoms with Crippen LogP contribution in [0.5, 0.6) is 0 Å². The first kappa shape index (κ1) is 10.8. The summed E-state index contributed by atoms with van der Waals surface area (Å²) >= 11 is 2.60. The third kappa shape index (κ3) is 1.79. The topological polar surface area (TPSA) is 54.4 Å². The molecule has 74 valence electrons. The summed E-state index contributed by atoms with van der Waals surface area (Å²) in [6.07, 6.45) is 0. The van der Waals surface area contributed by atoms with Crippen LogP contribution in [0.15, 0.2) is 16.6 Å². The lowest BCUT2D eigenvalue weighted by atomic mass is 10.1. The standard InChI is InChI=1S/C8H3BrF2O3/c9-5-3(7(12)8(13)14)1-2-4(10)6(5)11/h1-2H,(H,13,14). The highest BCUT2D eigenvalue weighted by Crippen LogP contribution is 2.23. The van der Waals surface area contributed by atoms with Crippen molar-refractivity contribution in [3.05, 3.63) is 33.8 Å². The number of carboxylic acids is 1. The SMILES string of the molecule is O=C(O)C(=O)c1ccc(F)c(F)c1Br. The minimum Gasteiger partial charge on any atom is -0.475 e. The summed E-state index contributed by atoms with van der Waals surface area (Å²) in [5.41, 5.74) is -0.420. The molecule has 0 saturated heterocycles. The summed E-state index contributed by atoms with van der Waals surface area (Å²) in [6, 6.07) is 1.59. The molecule has 3 nitrogen and oxygen atoms in total. The lowest BCUT2D eigenvalue weighted by molar-refractivity contribution is -0.131. The maximum absolute atomic E-state index is 12.8. The van der Waals surface area contributed by atoms with Crippen LogP contribution in [0.1, 0.15) is 10.4 Å². The Morgan fingerprint density at radius 1 is 1.29 bits per heavy atom. The Hall–Kier alpha value is -1.30. The molecule has 0 atom stereocenters. The first-order chi connectivity index (χ1) is 6.45. The lowest BCUT2D eigenvalue weighted by Gasteiger charge is -2.01. The van der Waals surface area contributed by atoms with Crippen molar-refractivity contribution in [2.24, 2.45) is 0 Å². The minimum absolute atomic E-state index is 0.420. The maximum atomic E-state index is 12.8. The van der Waals surface area contributed by atoms with Gasteiger partial charge in [-0.1, -0.05) is 0 Å². The van der Waals surface area contributed by atoms with Gasteiger partial charge in [0.15, 0.2) is 11.6 Å². The molecule has 6 heteroatoms. The summed E-state index contributed by atoms with van der Waals surface area (Å²) in [6.45, 7) is 0. The smallest absolute Gasteiger partial charge is 0.377 e. The van der Waals surface area contributed by atoms with Gasteiger partial charge < -0.3 is 5.11 Å². The number of rotatable bonds is 2. The van der Waals surface area contributed by atoms with Gasteiger partial charge in [0.05, 0.1) is 4.47 Å². The van der Waals surface area contributed by atoms with Crippen molar-refractivity contribution in [1.29, 1.82) is 0 Å². The van der Waals surface area contributed by atoms with Crippen LogP contribution in [0.3, 0.4) is 0 Å². The lowest BCUT2D eigenvalue weighted by Crippen LogP contribution is -2.14. The summed E-state index contributed by atoms with van der Waals surface area (Å²) in [5.74, 6) is -5.46. The average molecular weight is 265 g/mol. The fourth-order valence-corrected chi connectivity index (χ4v) is 1.32. The van der Waals surface area contributed by atoms with Gasteiger partial charge in [-0.3, -0.25) is 4.79 Å². The van der Waals surface area contributed by atoms with Crippen LogP contribution < -0.4 is 0 Å². The maximum Gasteiger partial charge on any atom is 0.377 e. The van der Waals surface area contributed by atoms with E-state index in [4.69, 9.17) is 5.11 Å². The molecule has 1 aromatic carbocycles. The molecule has 0 aliphatic rings. The van der Waals surface area contributed by atoms with Crippen molar-refractivity contribution in [3.8, 4) is 0 Å². The second-order valence-electron chi connectivity index (χ2n) is 2.36. The normalized spacial score (nSPS) is 9.93. The molecule has 0 amide bonds. The molecule has 0 aliphatic heterocycles. The van der Waals surface area contributed by atoms with Crippen LogP contribution in [0.25, 0.3) is 0 Å². The van der Waals surface area contributed by atoms with E-state index in [1.54, 1.807) is 0 Å². The number of hydrogen-bond acceptors (Lipinski definition) is 2. The number of carbonyl (C=O) groups is 2. The molecule has 0 aliphatic carbocycles. The zero-order chi connectivity index (χ0) is 10.9. The molecule has 0 heterocycles. The van der Waals surface area contributed by atoms with E-state index in [1.807, 2.05) is 0 Å². The van der Waals surface area contributed by atoms with Crippen LogP contribution in [-0.2, 0) is 4.79 Å². The van der Waals surface area contributed by atoms with Gasteiger partial charge in [-0.05, 0) is 28.1 Å². The van der Waals surface area contributed by atoms with E-state index in [0.717, 1.165) is 6.07 Å². The zero-order valence-corrected chi connectivity index (χ0v) is 8.14. The molecule has 0 spiro atoms. The molecule has 0 radical (unpaired) electrons. The fourth-order valence-electron chi connectivity index (χ4n) is 0.816. The van der Waals surface area contributed by atoms with Crippen LogP contribution in [0.4, 0.5) is 8.78 Å². The van der Waals surface area contributed by atoms with Crippen LogP contribution in [0, 0.1) is 11.6 Å². The van der Waals surface area contributed by atoms with Crippen LogP contribution in [-0.4, -0.2) is 16.9 Å². The van der Waals surface area contributed by atoms with E-state index in [1.165, 1.54) is 0 Å². The Labute approximate surface area is 85.5 Å². The number of aliphatic carboxylic acids is 1. The summed E-state index contributed by atoms with van der Waals surface area (Å²) < 4.78 is 24.9. The molecule has 0 saturated carbocycles. The minimum atomic E-state index is -1.73. The van der Waals surface area contributed by atoms with Gasteiger partial charge in [0, 0.05) is 5.56 Å². The Kier molecular flexibility index (Phi) is 2.95. The van der Waals surface area contributed by atoms with E-state index in [-0.39, 0.29) is 0 Å². The number of ketones is 1. The molecule has 1 N–H and O–H groups in total. The Bertz CT molecular complexity index is 417. The quantitative estimate of drug-likeness (QED) is 0.505. The summed E-state index contributed by atoms with van der Waals surface area (Å²) in [4.78, 5) is 21.2. The molecule has 0 aromatic heterocycles. The molecule has 1 rings (SSSR count). The number of carboxylic acid groups (broad SMARTS) is 1. The van der Waals surface area contributed by atoms with Gasteiger partial charge in [0.25, 0.3) is 5.78 Å². The number of hydrogen-bond donors (Lipinski definition) is 1. The second-order valence-corrected chi connectivity index (χ2v) is 3.15.